The first-order chi connectivity index (χ1) is 14.2. The highest BCUT2D eigenvalue weighted by molar-refractivity contribution is 5.83. The van der Waals surface area contributed by atoms with Crippen LogP contribution in [0.15, 0.2) is 30.5 Å². The summed E-state index contributed by atoms with van der Waals surface area (Å²) in [6.07, 6.45) is 5.37. The first-order valence-corrected chi connectivity index (χ1v) is 10.7. The molecule has 1 amide bonds. The number of hydrogen-bond donors (Lipinski definition) is 0. The van der Waals surface area contributed by atoms with Crippen molar-refractivity contribution in [2.24, 2.45) is 0 Å². The molecule has 6 nitrogen and oxygen atoms in total. The minimum Gasteiger partial charge on any atom is -0.363 e. The number of aromatic nitrogens is 2. The van der Waals surface area contributed by atoms with Crippen molar-refractivity contribution < 1.29 is 9.53 Å². The van der Waals surface area contributed by atoms with Crippen LogP contribution in [0.1, 0.15) is 53.1 Å². The minimum absolute atomic E-state index is 0.0576. The van der Waals surface area contributed by atoms with Gasteiger partial charge in [-0.3, -0.25) is 4.79 Å². The number of nitrogens with zero attached hydrogens (tertiary/aromatic N) is 4. The number of carbonyl (C=O) groups is 1. The van der Waals surface area contributed by atoms with Crippen molar-refractivity contribution in [1.82, 2.24) is 19.8 Å². The topological polar surface area (TPSA) is 58.6 Å². The number of fused-ring (bicyclic) bond motifs is 2. The van der Waals surface area contributed by atoms with Crippen molar-refractivity contribution in [3.63, 3.8) is 0 Å². The van der Waals surface area contributed by atoms with Crippen molar-refractivity contribution in [2.75, 3.05) is 33.3 Å². The van der Waals surface area contributed by atoms with E-state index in [2.05, 4.69) is 23.0 Å². The molecule has 152 valence electrons. The second-order valence-corrected chi connectivity index (χ2v) is 8.49. The summed E-state index contributed by atoms with van der Waals surface area (Å²) in [5, 5.41) is 0. The molecular formula is C23H28N4O2. The van der Waals surface area contributed by atoms with Gasteiger partial charge in [-0.1, -0.05) is 24.3 Å². The number of rotatable bonds is 2. The van der Waals surface area contributed by atoms with Crippen LogP contribution in [0.25, 0.3) is 0 Å². The van der Waals surface area contributed by atoms with Crippen molar-refractivity contribution >= 4 is 5.91 Å². The zero-order chi connectivity index (χ0) is 19.8. The third-order valence-corrected chi connectivity index (χ3v) is 6.57. The number of amides is 1. The Balaban J connectivity index is 1.31. The molecule has 0 radical (unpaired) electrons. The molecule has 29 heavy (non-hydrogen) atoms. The highest BCUT2D eigenvalue weighted by Crippen LogP contribution is 2.31. The number of benzene rings is 1. The molecule has 0 aliphatic carbocycles. The lowest BCUT2D eigenvalue weighted by Crippen LogP contribution is -2.41. The van der Waals surface area contributed by atoms with Gasteiger partial charge in [0.2, 0.25) is 0 Å². The fourth-order valence-corrected chi connectivity index (χ4v) is 4.75. The Hall–Kier alpha value is -2.31. The van der Waals surface area contributed by atoms with E-state index in [1.807, 2.05) is 29.3 Å². The normalized spacial score (nSPS) is 22.8. The Morgan fingerprint density at radius 3 is 2.79 bits per heavy atom. The molecule has 1 saturated heterocycles. The predicted molar refractivity (Wildman–Crippen MR) is 109 cm³/mol. The summed E-state index contributed by atoms with van der Waals surface area (Å²) in [4.78, 5) is 27.1. The molecule has 1 atom stereocenters. The average molecular weight is 393 g/mol. The van der Waals surface area contributed by atoms with Gasteiger partial charge in [-0.25, -0.2) is 9.97 Å². The molecule has 0 spiro atoms. The van der Waals surface area contributed by atoms with E-state index in [0.717, 1.165) is 61.4 Å². The maximum atomic E-state index is 13.2. The van der Waals surface area contributed by atoms with Gasteiger partial charge in [0.15, 0.2) is 6.10 Å². The number of carbonyl (C=O) groups excluding carboxylic acids is 1. The summed E-state index contributed by atoms with van der Waals surface area (Å²) in [7, 11) is 2.17. The maximum absolute atomic E-state index is 13.2. The highest BCUT2D eigenvalue weighted by Gasteiger charge is 2.33. The fraction of sp³-hybridized carbons (Fsp3) is 0.522. The molecule has 2 aromatic rings. The Labute approximate surface area is 171 Å². The molecular weight excluding hydrogens is 364 g/mol. The second-order valence-electron chi connectivity index (χ2n) is 8.49. The lowest BCUT2D eigenvalue weighted by atomic mass is 9.95. The standard InChI is InChI=1S/C23H28N4O2/c1-26-10-6-17(7-11-26)22-24-14-18-15-27(12-8-20(18)25-22)23(28)21-19-5-3-2-4-16(19)9-13-29-21/h2-5,14,17,21H,6-13,15H2,1H3/t21-/m0/s1. The zero-order valence-electron chi connectivity index (χ0n) is 17.0. The third-order valence-electron chi connectivity index (χ3n) is 6.57. The van der Waals surface area contributed by atoms with Gasteiger partial charge in [-0.05, 0) is 50.5 Å². The van der Waals surface area contributed by atoms with E-state index in [9.17, 15) is 4.79 Å². The van der Waals surface area contributed by atoms with E-state index in [1.54, 1.807) is 0 Å². The molecule has 1 aromatic carbocycles. The van der Waals surface area contributed by atoms with Crippen molar-refractivity contribution in [2.45, 2.75) is 44.2 Å². The highest BCUT2D eigenvalue weighted by atomic mass is 16.5. The largest absolute Gasteiger partial charge is 0.363 e. The van der Waals surface area contributed by atoms with Crippen LogP contribution < -0.4 is 0 Å². The van der Waals surface area contributed by atoms with Gasteiger partial charge < -0.3 is 14.5 Å². The lowest BCUT2D eigenvalue weighted by molar-refractivity contribution is -0.146. The van der Waals surface area contributed by atoms with Crippen LogP contribution in [0.5, 0.6) is 0 Å². The molecule has 0 saturated carbocycles. The smallest absolute Gasteiger partial charge is 0.256 e. The molecule has 3 aliphatic rings. The van der Waals surface area contributed by atoms with Crippen molar-refractivity contribution in [3.05, 3.63) is 58.7 Å². The second kappa shape index (κ2) is 7.84. The zero-order valence-corrected chi connectivity index (χ0v) is 17.0. The Morgan fingerprint density at radius 2 is 1.93 bits per heavy atom. The number of piperidine rings is 1. The molecule has 5 rings (SSSR count). The van der Waals surface area contributed by atoms with Gasteiger partial charge in [0.1, 0.15) is 5.82 Å². The summed E-state index contributed by atoms with van der Waals surface area (Å²) in [6, 6.07) is 8.13. The first-order valence-electron chi connectivity index (χ1n) is 10.7. The molecule has 0 bridgehead atoms. The van der Waals surface area contributed by atoms with E-state index < -0.39 is 6.10 Å². The molecule has 4 heterocycles. The molecule has 6 heteroatoms. The Kier molecular flexibility index (Phi) is 5.06. The van der Waals surface area contributed by atoms with E-state index in [-0.39, 0.29) is 5.91 Å². The van der Waals surface area contributed by atoms with E-state index in [0.29, 0.717) is 25.6 Å². The predicted octanol–water partition coefficient (Wildman–Crippen LogP) is 2.48. The van der Waals surface area contributed by atoms with Gasteiger partial charge in [-0.15, -0.1) is 0 Å². The monoisotopic (exact) mass is 392 g/mol. The quantitative estimate of drug-likeness (QED) is 0.786. The van der Waals surface area contributed by atoms with Gasteiger partial charge >= 0.3 is 0 Å². The van der Waals surface area contributed by atoms with Crippen LogP contribution in [0.2, 0.25) is 0 Å². The van der Waals surface area contributed by atoms with Gasteiger partial charge in [0.05, 0.1) is 12.3 Å². The van der Waals surface area contributed by atoms with E-state index in [1.165, 1.54) is 5.56 Å². The van der Waals surface area contributed by atoms with Crippen LogP contribution in [-0.2, 0) is 28.9 Å². The van der Waals surface area contributed by atoms with Gasteiger partial charge in [0.25, 0.3) is 5.91 Å². The molecule has 1 fully saturated rings. The van der Waals surface area contributed by atoms with Crippen LogP contribution >= 0.6 is 0 Å². The van der Waals surface area contributed by atoms with Gasteiger partial charge in [0, 0.05) is 37.2 Å². The Morgan fingerprint density at radius 1 is 1.10 bits per heavy atom. The molecule has 0 unspecified atom stereocenters. The number of hydrogen-bond acceptors (Lipinski definition) is 5. The van der Waals surface area contributed by atoms with Crippen LogP contribution in [0.3, 0.4) is 0 Å². The van der Waals surface area contributed by atoms with Crippen molar-refractivity contribution in [3.8, 4) is 0 Å². The van der Waals surface area contributed by atoms with Crippen molar-refractivity contribution in [1.29, 1.82) is 0 Å². The SMILES string of the molecule is CN1CCC(c2ncc3c(n2)CCN(C(=O)[C@H]2OCCc4ccccc42)C3)CC1. The average Bonchev–Trinajstić information content (AvgIpc) is 2.78. The third kappa shape index (κ3) is 3.67. The number of ether oxygens (including phenoxy) is 1. The van der Waals surface area contributed by atoms with Crippen LogP contribution in [0, 0.1) is 0 Å². The lowest BCUT2D eigenvalue weighted by Gasteiger charge is -2.34. The molecule has 1 aromatic heterocycles. The van der Waals surface area contributed by atoms with Gasteiger partial charge in [-0.2, -0.15) is 0 Å². The maximum Gasteiger partial charge on any atom is 0.256 e. The Bertz CT molecular complexity index is 908. The molecule has 0 N–H and O–H groups in total. The summed E-state index contributed by atoms with van der Waals surface area (Å²) in [5.74, 6) is 1.51. The van der Waals surface area contributed by atoms with Crippen LogP contribution in [0.4, 0.5) is 0 Å². The van der Waals surface area contributed by atoms with Crippen LogP contribution in [-0.4, -0.2) is 59.0 Å². The summed E-state index contributed by atoms with van der Waals surface area (Å²) in [6.45, 7) is 4.08. The minimum atomic E-state index is -0.485. The molecule has 3 aliphatic heterocycles. The number of likely N-dealkylation sites (tertiary alicyclic amines) is 1. The first kappa shape index (κ1) is 18.7. The van der Waals surface area contributed by atoms with E-state index >= 15 is 0 Å². The summed E-state index contributed by atoms with van der Waals surface area (Å²) < 4.78 is 5.89. The van der Waals surface area contributed by atoms with E-state index in [4.69, 9.17) is 9.72 Å². The summed E-state index contributed by atoms with van der Waals surface area (Å²) >= 11 is 0. The summed E-state index contributed by atoms with van der Waals surface area (Å²) in [5.41, 5.74) is 4.43. The fourth-order valence-electron chi connectivity index (χ4n) is 4.75.